The second-order valence-corrected chi connectivity index (χ2v) is 5.48. The maximum atomic E-state index is 11.8. The van der Waals surface area contributed by atoms with E-state index < -0.39 is 0 Å². The summed E-state index contributed by atoms with van der Waals surface area (Å²) in [4.78, 5) is 20.4. The smallest absolute Gasteiger partial charge is 0.319 e. The number of urea groups is 1. The van der Waals surface area contributed by atoms with Crippen LogP contribution in [0.3, 0.4) is 0 Å². The highest BCUT2D eigenvalue weighted by molar-refractivity contribution is 7.09. The molecule has 0 radical (unpaired) electrons. The number of amides is 2. The Bertz CT molecular complexity index is 743. The van der Waals surface area contributed by atoms with Crippen molar-refractivity contribution in [3.05, 3.63) is 65.2 Å². The summed E-state index contributed by atoms with van der Waals surface area (Å²) < 4.78 is 0. The highest BCUT2D eigenvalue weighted by atomic mass is 32.1. The lowest BCUT2D eigenvalue weighted by molar-refractivity contribution is 0.251. The molecule has 3 aromatic rings. The maximum Gasteiger partial charge on any atom is 0.319 e. The van der Waals surface area contributed by atoms with Crippen molar-refractivity contribution in [2.24, 2.45) is 0 Å². The Kier molecular flexibility index (Phi) is 4.41. The van der Waals surface area contributed by atoms with Crippen molar-refractivity contribution >= 4 is 23.1 Å². The Hall–Kier alpha value is -2.73. The number of nitrogens with zero attached hydrogens (tertiary/aromatic N) is 2. The van der Waals surface area contributed by atoms with Crippen LogP contribution in [0.5, 0.6) is 0 Å². The van der Waals surface area contributed by atoms with E-state index in [9.17, 15) is 4.79 Å². The second-order valence-electron chi connectivity index (χ2n) is 4.54. The number of hydrogen-bond acceptors (Lipinski definition) is 4. The van der Waals surface area contributed by atoms with Gasteiger partial charge in [0, 0.05) is 29.0 Å². The van der Waals surface area contributed by atoms with Gasteiger partial charge >= 0.3 is 6.03 Å². The molecule has 110 valence electrons. The first-order valence-corrected chi connectivity index (χ1v) is 7.64. The molecule has 0 fully saturated rings. The summed E-state index contributed by atoms with van der Waals surface area (Å²) in [7, 11) is 0. The SMILES string of the molecule is O=C(NCc1nc(-c2cccnc2)cs1)Nc1ccccc1. The van der Waals surface area contributed by atoms with Crippen LogP contribution in [0.15, 0.2) is 60.2 Å². The number of para-hydroxylation sites is 1. The van der Waals surface area contributed by atoms with E-state index in [0.717, 1.165) is 22.0 Å². The van der Waals surface area contributed by atoms with Crippen molar-refractivity contribution in [2.75, 3.05) is 5.32 Å². The van der Waals surface area contributed by atoms with Gasteiger partial charge in [-0.05, 0) is 24.3 Å². The minimum atomic E-state index is -0.246. The number of carbonyl (C=O) groups excluding carboxylic acids is 1. The molecule has 0 saturated carbocycles. The van der Waals surface area contributed by atoms with Crippen LogP contribution in [0.25, 0.3) is 11.3 Å². The van der Waals surface area contributed by atoms with Crippen molar-refractivity contribution in [3.63, 3.8) is 0 Å². The van der Waals surface area contributed by atoms with Crippen molar-refractivity contribution in [2.45, 2.75) is 6.54 Å². The largest absolute Gasteiger partial charge is 0.331 e. The lowest BCUT2D eigenvalue weighted by Crippen LogP contribution is -2.28. The minimum absolute atomic E-state index is 0.246. The number of benzene rings is 1. The first-order chi connectivity index (χ1) is 10.8. The number of pyridine rings is 1. The van der Waals surface area contributed by atoms with Crippen LogP contribution in [0.4, 0.5) is 10.5 Å². The number of hydrogen-bond donors (Lipinski definition) is 2. The Morgan fingerprint density at radius 1 is 1.14 bits per heavy atom. The fraction of sp³-hybridized carbons (Fsp3) is 0.0625. The molecule has 2 aromatic heterocycles. The number of rotatable bonds is 4. The summed E-state index contributed by atoms with van der Waals surface area (Å²) in [6.45, 7) is 0.392. The van der Waals surface area contributed by atoms with E-state index in [1.165, 1.54) is 11.3 Å². The number of thiazole rings is 1. The van der Waals surface area contributed by atoms with Gasteiger partial charge in [-0.25, -0.2) is 9.78 Å². The van der Waals surface area contributed by atoms with Crippen molar-refractivity contribution in [3.8, 4) is 11.3 Å². The zero-order valence-electron chi connectivity index (χ0n) is 11.7. The average Bonchev–Trinajstić information content (AvgIpc) is 3.04. The van der Waals surface area contributed by atoms with Gasteiger partial charge in [0.2, 0.25) is 0 Å². The molecule has 2 heterocycles. The van der Waals surface area contributed by atoms with E-state index in [1.807, 2.05) is 47.8 Å². The number of nitrogens with one attached hydrogen (secondary N) is 2. The van der Waals surface area contributed by atoms with Gasteiger partial charge < -0.3 is 10.6 Å². The van der Waals surface area contributed by atoms with Crippen LogP contribution in [0.1, 0.15) is 5.01 Å². The Balaban J connectivity index is 1.56. The third kappa shape index (κ3) is 3.67. The molecule has 0 aliphatic rings. The molecule has 2 N–H and O–H groups in total. The quantitative estimate of drug-likeness (QED) is 0.774. The third-order valence-electron chi connectivity index (χ3n) is 2.94. The van der Waals surface area contributed by atoms with Gasteiger partial charge in [-0.2, -0.15) is 0 Å². The lowest BCUT2D eigenvalue weighted by Gasteiger charge is -2.05. The zero-order valence-corrected chi connectivity index (χ0v) is 12.5. The molecule has 22 heavy (non-hydrogen) atoms. The van der Waals surface area contributed by atoms with Gasteiger partial charge in [0.05, 0.1) is 12.2 Å². The molecule has 1 aromatic carbocycles. The standard InChI is InChI=1S/C16H14N4OS/c21-16(19-13-6-2-1-3-7-13)18-10-15-20-14(11-22-15)12-5-4-8-17-9-12/h1-9,11H,10H2,(H2,18,19,21). The molecule has 0 atom stereocenters. The highest BCUT2D eigenvalue weighted by Gasteiger charge is 2.06. The molecule has 0 aliphatic heterocycles. The lowest BCUT2D eigenvalue weighted by atomic mass is 10.2. The maximum absolute atomic E-state index is 11.8. The molecule has 2 amide bonds. The molecular formula is C16H14N4OS. The van der Waals surface area contributed by atoms with Crippen LogP contribution in [0.2, 0.25) is 0 Å². The molecular weight excluding hydrogens is 296 g/mol. The molecule has 0 saturated heterocycles. The van der Waals surface area contributed by atoms with Gasteiger partial charge in [-0.1, -0.05) is 18.2 Å². The second kappa shape index (κ2) is 6.82. The number of carbonyl (C=O) groups is 1. The van der Waals surface area contributed by atoms with Crippen LogP contribution in [-0.4, -0.2) is 16.0 Å². The highest BCUT2D eigenvalue weighted by Crippen LogP contribution is 2.20. The molecule has 5 nitrogen and oxygen atoms in total. The molecule has 0 spiro atoms. The Morgan fingerprint density at radius 3 is 2.77 bits per heavy atom. The predicted octanol–water partition coefficient (Wildman–Crippen LogP) is 3.53. The summed E-state index contributed by atoms with van der Waals surface area (Å²) in [6.07, 6.45) is 3.50. The molecule has 0 aliphatic carbocycles. The van der Waals surface area contributed by atoms with Crippen molar-refractivity contribution in [1.82, 2.24) is 15.3 Å². The van der Waals surface area contributed by atoms with Crippen molar-refractivity contribution < 1.29 is 4.79 Å². The average molecular weight is 310 g/mol. The van der Waals surface area contributed by atoms with E-state index >= 15 is 0 Å². The van der Waals surface area contributed by atoms with Crippen LogP contribution < -0.4 is 10.6 Å². The normalized spacial score (nSPS) is 10.2. The van der Waals surface area contributed by atoms with E-state index in [-0.39, 0.29) is 6.03 Å². The van der Waals surface area contributed by atoms with Crippen LogP contribution in [0, 0.1) is 0 Å². The third-order valence-corrected chi connectivity index (χ3v) is 3.79. The summed E-state index contributed by atoms with van der Waals surface area (Å²) in [5, 5.41) is 8.37. The van der Waals surface area contributed by atoms with Gasteiger partial charge in [0.1, 0.15) is 5.01 Å². The molecule has 0 bridgehead atoms. The Morgan fingerprint density at radius 2 is 2.00 bits per heavy atom. The summed E-state index contributed by atoms with van der Waals surface area (Å²) in [5.41, 5.74) is 2.60. The molecule has 0 unspecified atom stereocenters. The summed E-state index contributed by atoms with van der Waals surface area (Å²) in [5.74, 6) is 0. The molecule has 3 rings (SSSR count). The number of anilines is 1. The van der Waals surface area contributed by atoms with Gasteiger partial charge in [0.15, 0.2) is 0 Å². The molecule has 6 heteroatoms. The fourth-order valence-corrected chi connectivity index (χ4v) is 2.63. The van der Waals surface area contributed by atoms with E-state index in [1.54, 1.807) is 12.4 Å². The fourth-order valence-electron chi connectivity index (χ4n) is 1.89. The number of aromatic nitrogens is 2. The Labute approximate surface area is 132 Å². The zero-order chi connectivity index (χ0) is 15.2. The summed E-state index contributed by atoms with van der Waals surface area (Å²) in [6, 6.07) is 12.9. The monoisotopic (exact) mass is 310 g/mol. The minimum Gasteiger partial charge on any atom is -0.331 e. The van der Waals surface area contributed by atoms with Crippen molar-refractivity contribution in [1.29, 1.82) is 0 Å². The topological polar surface area (TPSA) is 66.9 Å². The van der Waals surface area contributed by atoms with E-state index in [2.05, 4.69) is 20.6 Å². The van der Waals surface area contributed by atoms with E-state index in [0.29, 0.717) is 6.54 Å². The van der Waals surface area contributed by atoms with Crippen LogP contribution >= 0.6 is 11.3 Å². The van der Waals surface area contributed by atoms with Crippen LogP contribution in [-0.2, 0) is 6.54 Å². The first-order valence-electron chi connectivity index (χ1n) is 6.76. The van der Waals surface area contributed by atoms with Gasteiger partial charge in [-0.3, -0.25) is 4.98 Å². The first kappa shape index (κ1) is 14.2. The summed E-state index contributed by atoms with van der Waals surface area (Å²) >= 11 is 1.51. The van der Waals surface area contributed by atoms with Gasteiger partial charge in [0.25, 0.3) is 0 Å². The van der Waals surface area contributed by atoms with E-state index in [4.69, 9.17) is 0 Å². The van der Waals surface area contributed by atoms with Gasteiger partial charge in [-0.15, -0.1) is 11.3 Å². The predicted molar refractivity (Wildman–Crippen MR) is 87.6 cm³/mol.